The first-order valence-corrected chi connectivity index (χ1v) is 7.13. The average Bonchev–Trinajstić information content (AvgIpc) is 2.42. The van der Waals surface area contributed by atoms with Crippen LogP contribution in [0.1, 0.15) is 52.2 Å². The molecular weight excluding hydrogens is 232 g/mol. The van der Waals surface area contributed by atoms with E-state index in [1.807, 2.05) is 33.8 Å². The van der Waals surface area contributed by atoms with Crippen LogP contribution >= 0.6 is 11.6 Å². The zero-order valence-corrected chi connectivity index (χ0v) is 12.5. The maximum atomic E-state index is 6.08. The fraction of sp³-hybridized carbons (Fsp3) is 0.600. The molecule has 98 valence electrons. The van der Waals surface area contributed by atoms with Gasteiger partial charge in [0.15, 0.2) is 0 Å². The number of ether oxygens (including phenoxy) is 1. The first-order chi connectivity index (χ1) is 8.31. The van der Waals surface area contributed by atoms with E-state index in [4.69, 9.17) is 16.3 Å². The van der Waals surface area contributed by atoms with Crippen LogP contribution in [0.2, 0.25) is 5.02 Å². The Labute approximate surface area is 111 Å². The highest BCUT2D eigenvalue weighted by atomic mass is 35.5. The number of aryl methyl sites for hydroxylation is 2. The van der Waals surface area contributed by atoms with Gasteiger partial charge in [-0.3, -0.25) is 0 Å². The second-order valence-electron chi connectivity index (χ2n) is 3.36. The van der Waals surface area contributed by atoms with Gasteiger partial charge in [0.1, 0.15) is 5.75 Å². The van der Waals surface area contributed by atoms with E-state index in [2.05, 4.69) is 13.0 Å². The lowest BCUT2D eigenvalue weighted by Gasteiger charge is -2.18. The summed E-state index contributed by atoms with van der Waals surface area (Å²) < 4.78 is 5.52. The van der Waals surface area contributed by atoms with Crippen molar-refractivity contribution in [2.24, 2.45) is 0 Å². The summed E-state index contributed by atoms with van der Waals surface area (Å²) in [5, 5.41) is 0.836. The van der Waals surface area contributed by atoms with E-state index in [0.29, 0.717) is 0 Å². The molecule has 1 heterocycles. The molecule has 0 bridgehead atoms. The van der Waals surface area contributed by atoms with Crippen LogP contribution in [0, 0.1) is 0 Å². The van der Waals surface area contributed by atoms with Crippen molar-refractivity contribution in [1.82, 2.24) is 0 Å². The van der Waals surface area contributed by atoms with Crippen molar-refractivity contribution >= 4 is 11.6 Å². The second kappa shape index (κ2) is 9.35. The Morgan fingerprint density at radius 2 is 1.82 bits per heavy atom. The third-order valence-corrected chi connectivity index (χ3v) is 2.81. The normalized spacial score (nSPS) is 12.1. The van der Waals surface area contributed by atoms with Crippen molar-refractivity contribution in [2.75, 3.05) is 6.61 Å². The molecule has 0 radical (unpaired) electrons. The zero-order valence-electron chi connectivity index (χ0n) is 11.8. The Balaban J connectivity index is 0.000000581. The Morgan fingerprint density at radius 3 is 2.41 bits per heavy atom. The molecule has 17 heavy (non-hydrogen) atoms. The van der Waals surface area contributed by atoms with E-state index in [1.165, 1.54) is 11.1 Å². The number of halogens is 1. The summed E-state index contributed by atoms with van der Waals surface area (Å²) in [6.07, 6.45) is 3.24. The summed E-state index contributed by atoms with van der Waals surface area (Å²) in [5.41, 5.74) is 2.54. The zero-order chi connectivity index (χ0) is 13.3. The van der Waals surface area contributed by atoms with Gasteiger partial charge in [-0.2, -0.15) is 0 Å². The topological polar surface area (TPSA) is 9.23 Å². The Bertz CT molecular complexity index is 321. The van der Waals surface area contributed by atoms with Crippen LogP contribution < -0.4 is 4.74 Å². The van der Waals surface area contributed by atoms with E-state index < -0.39 is 0 Å². The minimum atomic E-state index is 0.828. The van der Waals surface area contributed by atoms with Crippen LogP contribution in [-0.2, 0) is 12.8 Å². The number of rotatable bonds is 1. The molecule has 0 unspecified atom stereocenters. The molecule has 0 fully saturated rings. The number of hydrogen-bond donors (Lipinski definition) is 0. The average molecular weight is 257 g/mol. The third-order valence-electron chi connectivity index (χ3n) is 2.46. The summed E-state index contributed by atoms with van der Waals surface area (Å²) >= 11 is 6.08. The van der Waals surface area contributed by atoms with Crippen LogP contribution in [0.25, 0.3) is 0 Å². The van der Waals surface area contributed by atoms with Gasteiger partial charge in [-0.1, -0.05) is 52.3 Å². The van der Waals surface area contributed by atoms with Crippen molar-refractivity contribution in [3.05, 3.63) is 28.3 Å². The molecule has 1 aromatic rings. The van der Waals surface area contributed by atoms with E-state index in [9.17, 15) is 0 Å². The summed E-state index contributed by atoms with van der Waals surface area (Å²) in [4.78, 5) is 0. The highest BCUT2D eigenvalue weighted by molar-refractivity contribution is 6.31. The van der Waals surface area contributed by atoms with Gasteiger partial charge in [0.25, 0.3) is 0 Å². The third kappa shape index (κ3) is 4.59. The van der Waals surface area contributed by atoms with Crippen LogP contribution in [0.5, 0.6) is 5.75 Å². The molecule has 0 saturated heterocycles. The quantitative estimate of drug-likeness (QED) is 0.664. The van der Waals surface area contributed by atoms with Crippen molar-refractivity contribution in [2.45, 2.75) is 53.9 Å². The van der Waals surface area contributed by atoms with E-state index >= 15 is 0 Å². The molecule has 0 amide bonds. The highest BCUT2D eigenvalue weighted by Gasteiger charge is 2.12. The number of hydrogen-bond acceptors (Lipinski definition) is 1. The Morgan fingerprint density at radius 1 is 1.18 bits per heavy atom. The molecule has 1 aliphatic rings. The summed E-state index contributed by atoms with van der Waals surface area (Å²) in [6, 6.07) is 4.13. The molecule has 2 heteroatoms. The standard InChI is InChI=1S/C11H13ClO.2C2H6/c1-2-8-6-9-4-3-5-13-11(9)7-10(8)12;2*1-2/h6-7H,2-5H2,1H3;2*1-2H3. The van der Waals surface area contributed by atoms with Crippen LogP contribution in [0.15, 0.2) is 12.1 Å². The van der Waals surface area contributed by atoms with Crippen molar-refractivity contribution in [1.29, 1.82) is 0 Å². The lowest BCUT2D eigenvalue weighted by molar-refractivity contribution is 0.288. The predicted octanol–water partition coefficient (Wildman–Crippen LogP) is 5.28. The molecule has 0 spiro atoms. The summed E-state index contributed by atoms with van der Waals surface area (Å²) in [5.74, 6) is 0.980. The molecule has 0 atom stereocenters. The number of benzene rings is 1. The Kier molecular flexibility index (Phi) is 8.97. The molecular formula is C15H25ClO. The van der Waals surface area contributed by atoms with E-state index in [0.717, 1.165) is 36.6 Å². The molecule has 0 aromatic heterocycles. The van der Waals surface area contributed by atoms with Gasteiger partial charge in [0.2, 0.25) is 0 Å². The fourth-order valence-electron chi connectivity index (χ4n) is 1.70. The first kappa shape index (κ1) is 16.3. The Hall–Kier alpha value is -0.690. The van der Waals surface area contributed by atoms with Gasteiger partial charge in [0, 0.05) is 5.02 Å². The van der Waals surface area contributed by atoms with Crippen LogP contribution in [0.3, 0.4) is 0 Å². The minimum absolute atomic E-state index is 0.828. The first-order valence-electron chi connectivity index (χ1n) is 6.75. The van der Waals surface area contributed by atoms with Crippen LogP contribution in [-0.4, -0.2) is 6.61 Å². The SMILES string of the molecule is CC.CC.CCc1cc2c(cc1Cl)OCCC2. The van der Waals surface area contributed by atoms with Gasteiger partial charge in [-0.25, -0.2) is 0 Å². The second-order valence-corrected chi connectivity index (χ2v) is 3.76. The lowest BCUT2D eigenvalue weighted by atomic mass is 10.0. The molecule has 1 aromatic carbocycles. The van der Waals surface area contributed by atoms with Gasteiger partial charge in [-0.15, -0.1) is 0 Å². The smallest absolute Gasteiger partial charge is 0.123 e. The number of fused-ring (bicyclic) bond motifs is 1. The largest absolute Gasteiger partial charge is 0.493 e. The maximum absolute atomic E-state index is 6.08. The fourth-order valence-corrected chi connectivity index (χ4v) is 1.98. The van der Waals surface area contributed by atoms with E-state index in [-0.39, 0.29) is 0 Å². The van der Waals surface area contributed by atoms with Gasteiger partial charge < -0.3 is 4.74 Å². The predicted molar refractivity (Wildman–Crippen MR) is 77.3 cm³/mol. The monoisotopic (exact) mass is 256 g/mol. The highest BCUT2D eigenvalue weighted by Crippen LogP contribution is 2.30. The van der Waals surface area contributed by atoms with E-state index in [1.54, 1.807) is 0 Å². The lowest BCUT2D eigenvalue weighted by Crippen LogP contribution is -2.08. The van der Waals surface area contributed by atoms with Crippen molar-refractivity contribution in [3.8, 4) is 5.75 Å². The van der Waals surface area contributed by atoms with Gasteiger partial charge in [0.05, 0.1) is 6.61 Å². The maximum Gasteiger partial charge on any atom is 0.123 e. The molecule has 1 nitrogen and oxygen atoms in total. The summed E-state index contributed by atoms with van der Waals surface area (Å²) in [7, 11) is 0. The molecule has 0 N–H and O–H groups in total. The molecule has 1 aliphatic heterocycles. The van der Waals surface area contributed by atoms with Crippen molar-refractivity contribution < 1.29 is 4.74 Å². The molecule has 0 saturated carbocycles. The van der Waals surface area contributed by atoms with Crippen LogP contribution in [0.4, 0.5) is 0 Å². The molecule has 2 rings (SSSR count). The molecule has 0 aliphatic carbocycles. The van der Waals surface area contributed by atoms with Gasteiger partial charge in [-0.05, 0) is 36.5 Å². The summed E-state index contributed by atoms with van der Waals surface area (Å²) in [6.45, 7) is 11.0. The van der Waals surface area contributed by atoms with Crippen molar-refractivity contribution in [3.63, 3.8) is 0 Å². The van der Waals surface area contributed by atoms with Gasteiger partial charge >= 0.3 is 0 Å². The minimum Gasteiger partial charge on any atom is -0.493 e.